The van der Waals surface area contributed by atoms with Gasteiger partial charge in [0.1, 0.15) is 5.75 Å². The summed E-state index contributed by atoms with van der Waals surface area (Å²) in [6, 6.07) is 7.83. The molecule has 1 aliphatic rings. The van der Waals surface area contributed by atoms with Crippen LogP contribution in [0.25, 0.3) is 0 Å². The van der Waals surface area contributed by atoms with E-state index < -0.39 is 0 Å². The van der Waals surface area contributed by atoms with Gasteiger partial charge in [0.05, 0.1) is 7.11 Å². The summed E-state index contributed by atoms with van der Waals surface area (Å²) in [5.74, 6) is 1.56. The first-order valence-electron chi connectivity index (χ1n) is 6.37. The normalized spacial score (nSPS) is 16.6. The largest absolute Gasteiger partial charge is 0.496 e. The molecule has 2 N–H and O–H groups in total. The van der Waals surface area contributed by atoms with E-state index in [1.807, 2.05) is 18.2 Å². The number of hydrogen-bond acceptors (Lipinski definition) is 2. The lowest BCUT2D eigenvalue weighted by atomic mass is 9.90. The number of nitrogens with zero attached hydrogens (tertiary/aromatic N) is 1. The maximum absolute atomic E-state index is 11.0. The van der Waals surface area contributed by atoms with Crippen molar-refractivity contribution in [3.8, 4) is 5.75 Å². The summed E-state index contributed by atoms with van der Waals surface area (Å²) in [6.07, 6.45) is 3.04. The Bertz CT molecular complexity index is 412. The molecule has 1 aromatic carbocycles. The molecule has 1 fully saturated rings. The fourth-order valence-corrected chi connectivity index (χ4v) is 2.54. The van der Waals surface area contributed by atoms with Crippen molar-refractivity contribution in [2.75, 3.05) is 20.2 Å². The fourth-order valence-electron chi connectivity index (χ4n) is 2.54. The van der Waals surface area contributed by atoms with Crippen molar-refractivity contribution in [1.82, 2.24) is 4.90 Å². The van der Waals surface area contributed by atoms with Gasteiger partial charge in [0, 0.05) is 13.1 Å². The van der Waals surface area contributed by atoms with Crippen LogP contribution in [0.3, 0.4) is 0 Å². The minimum Gasteiger partial charge on any atom is -0.496 e. The van der Waals surface area contributed by atoms with Crippen LogP contribution in [0.2, 0.25) is 0 Å². The van der Waals surface area contributed by atoms with Gasteiger partial charge in [-0.3, -0.25) is 0 Å². The molecule has 0 aliphatic carbocycles. The molecule has 0 atom stereocenters. The second-order valence-corrected chi connectivity index (χ2v) is 4.78. The number of para-hydroxylation sites is 1. The molecule has 0 spiro atoms. The molecule has 18 heavy (non-hydrogen) atoms. The van der Waals surface area contributed by atoms with Crippen LogP contribution in [0, 0.1) is 5.92 Å². The number of nitrogens with two attached hydrogens (primary N) is 1. The van der Waals surface area contributed by atoms with E-state index in [9.17, 15) is 4.79 Å². The number of likely N-dealkylation sites (tertiary alicyclic amines) is 1. The molecule has 2 rings (SSSR count). The summed E-state index contributed by atoms with van der Waals surface area (Å²) in [4.78, 5) is 12.8. The summed E-state index contributed by atoms with van der Waals surface area (Å²) < 4.78 is 5.36. The van der Waals surface area contributed by atoms with Gasteiger partial charge < -0.3 is 15.4 Å². The number of methoxy groups -OCH3 is 1. The first-order valence-corrected chi connectivity index (χ1v) is 6.37. The Morgan fingerprint density at radius 3 is 2.67 bits per heavy atom. The number of urea groups is 1. The Hall–Kier alpha value is -1.71. The van der Waals surface area contributed by atoms with Crippen molar-refractivity contribution >= 4 is 6.03 Å². The molecule has 1 aromatic rings. The molecule has 98 valence electrons. The molecule has 1 heterocycles. The average molecular weight is 248 g/mol. The predicted octanol–water partition coefficient (Wildman–Crippen LogP) is 2.03. The van der Waals surface area contributed by atoms with Gasteiger partial charge in [-0.2, -0.15) is 0 Å². The number of carbonyl (C=O) groups is 1. The third kappa shape index (κ3) is 2.94. The van der Waals surface area contributed by atoms with Gasteiger partial charge in [-0.25, -0.2) is 4.79 Å². The van der Waals surface area contributed by atoms with Crippen LogP contribution in [-0.4, -0.2) is 31.1 Å². The molecule has 1 aliphatic heterocycles. The number of amides is 2. The predicted molar refractivity (Wildman–Crippen MR) is 70.6 cm³/mol. The van der Waals surface area contributed by atoms with Crippen molar-refractivity contribution < 1.29 is 9.53 Å². The van der Waals surface area contributed by atoms with E-state index in [1.54, 1.807) is 12.0 Å². The van der Waals surface area contributed by atoms with Crippen molar-refractivity contribution in [3.05, 3.63) is 29.8 Å². The SMILES string of the molecule is COc1ccccc1CC1CCN(C(N)=O)CC1. The monoisotopic (exact) mass is 248 g/mol. The first-order chi connectivity index (χ1) is 8.70. The van der Waals surface area contributed by atoms with Crippen LogP contribution in [0.1, 0.15) is 18.4 Å². The fraction of sp³-hybridized carbons (Fsp3) is 0.500. The quantitative estimate of drug-likeness (QED) is 0.889. The van der Waals surface area contributed by atoms with Crippen molar-refractivity contribution in [1.29, 1.82) is 0 Å². The van der Waals surface area contributed by atoms with Gasteiger partial charge >= 0.3 is 6.03 Å². The second kappa shape index (κ2) is 5.76. The van der Waals surface area contributed by atoms with E-state index in [2.05, 4.69) is 6.07 Å². The molecule has 2 amide bonds. The number of primary amides is 1. The molecule has 0 radical (unpaired) electrons. The highest BCUT2D eigenvalue weighted by Crippen LogP contribution is 2.26. The van der Waals surface area contributed by atoms with Crippen LogP contribution in [0.15, 0.2) is 24.3 Å². The molecule has 0 aromatic heterocycles. The van der Waals surface area contributed by atoms with Crippen LogP contribution in [0.4, 0.5) is 4.79 Å². The second-order valence-electron chi connectivity index (χ2n) is 4.78. The third-order valence-corrected chi connectivity index (χ3v) is 3.63. The van der Waals surface area contributed by atoms with Gasteiger partial charge in [-0.05, 0) is 36.8 Å². The summed E-state index contributed by atoms with van der Waals surface area (Å²) in [5, 5.41) is 0. The summed E-state index contributed by atoms with van der Waals surface area (Å²) >= 11 is 0. The number of hydrogen-bond donors (Lipinski definition) is 1. The summed E-state index contributed by atoms with van der Waals surface area (Å²) in [6.45, 7) is 1.55. The number of rotatable bonds is 3. The van der Waals surface area contributed by atoms with Gasteiger partial charge in [-0.15, -0.1) is 0 Å². The first kappa shape index (κ1) is 12.7. The average Bonchev–Trinajstić information content (AvgIpc) is 2.40. The molecule has 0 bridgehead atoms. The number of ether oxygens (including phenoxy) is 1. The van der Waals surface area contributed by atoms with Crippen molar-refractivity contribution in [2.45, 2.75) is 19.3 Å². The van der Waals surface area contributed by atoms with E-state index in [4.69, 9.17) is 10.5 Å². The Labute approximate surface area is 108 Å². The Kier molecular flexibility index (Phi) is 4.07. The highest BCUT2D eigenvalue weighted by Gasteiger charge is 2.22. The molecular formula is C14H20N2O2. The maximum atomic E-state index is 11.0. The van der Waals surface area contributed by atoms with Gasteiger partial charge in [0.25, 0.3) is 0 Å². The van der Waals surface area contributed by atoms with E-state index >= 15 is 0 Å². The molecule has 4 nitrogen and oxygen atoms in total. The van der Waals surface area contributed by atoms with Crippen LogP contribution in [-0.2, 0) is 6.42 Å². The summed E-state index contributed by atoms with van der Waals surface area (Å²) in [5.41, 5.74) is 6.53. The number of carbonyl (C=O) groups excluding carboxylic acids is 1. The van der Waals surface area contributed by atoms with Crippen molar-refractivity contribution in [3.63, 3.8) is 0 Å². The van der Waals surface area contributed by atoms with Crippen LogP contribution in [0.5, 0.6) is 5.75 Å². The van der Waals surface area contributed by atoms with Crippen LogP contribution >= 0.6 is 0 Å². The summed E-state index contributed by atoms with van der Waals surface area (Å²) in [7, 11) is 1.70. The maximum Gasteiger partial charge on any atom is 0.314 e. The van der Waals surface area contributed by atoms with E-state index in [0.717, 1.165) is 38.1 Å². The highest BCUT2D eigenvalue weighted by molar-refractivity contribution is 5.72. The lowest BCUT2D eigenvalue weighted by Crippen LogP contribution is -2.41. The Balaban J connectivity index is 1.93. The van der Waals surface area contributed by atoms with Gasteiger partial charge in [-0.1, -0.05) is 18.2 Å². The Morgan fingerprint density at radius 2 is 2.06 bits per heavy atom. The van der Waals surface area contributed by atoms with E-state index in [-0.39, 0.29) is 6.03 Å². The lowest BCUT2D eigenvalue weighted by Gasteiger charge is -2.31. The molecule has 1 saturated heterocycles. The molecule has 0 saturated carbocycles. The topological polar surface area (TPSA) is 55.6 Å². The van der Waals surface area contributed by atoms with Gasteiger partial charge in [0.2, 0.25) is 0 Å². The number of benzene rings is 1. The lowest BCUT2D eigenvalue weighted by molar-refractivity contribution is 0.178. The van der Waals surface area contributed by atoms with E-state index in [0.29, 0.717) is 5.92 Å². The minimum absolute atomic E-state index is 0.300. The van der Waals surface area contributed by atoms with Crippen molar-refractivity contribution in [2.24, 2.45) is 11.7 Å². The highest BCUT2D eigenvalue weighted by atomic mass is 16.5. The zero-order valence-electron chi connectivity index (χ0n) is 10.8. The smallest absolute Gasteiger partial charge is 0.314 e. The van der Waals surface area contributed by atoms with Crippen LogP contribution < -0.4 is 10.5 Å². The zero-order valence-corrected chi connectivity index (χ0v) is 10.8. The number of piperidine rings is 1. The third-order valence-electron chi connectivity index (χ3n) is 3.63. The van der Waals surface area contributed by atoms with Gasteiger partial charge in [0.15, 0.2) is 0 Å². The molecule has 4 heteroatoms. The molecule has 0 unspecified atom stereocenters. The van der Waals surface area contributed by atoms with E-state index in [1.165, 1.54) is 5.56 Å². The minimum atomic E-state index is -0.300. The zero-order chi connectivity index (χ0) is 13.0. The standard InChI is InChI=1S/C14H20N2O2/c1-18-13-5-3-2-4-12(13)10-11-6-8-16(9-7-11)14(15)17/h2-5,11H,6-10H2,1H3,(H2,15,17). The Morgan fingerprint density at radius 1 is 1.39 bits per heavy atom. The molecular weight excluding hydrogens is 228 g/mol.